The molecule has 134 valence electrons. The predicted molar refractivity (Wildman–Crippen MR) is 99.6 cm³/mol. The van der Waals surface area contributed by atoms with Crippen LogP contribution in [0.1, 0.15) is 38.3 Å². The quantitative estimate of drug-likeness (QED) is 0.898. The first-order valence-corrected chi connectivity index (χ1v) is 9.50. The van der Waals surface area contributed by atoms with Gasteiger partial charge in [0, 0.05) is 38.3 Å². The van der Waals surface area contributed by atoms with Crippen molar-refractivity contribution in [3.63, 3.8) is 0 Å². The standard InChI is InChI=1S/C20H33N3O/c1-16-7-10-22(11-8-16)15-20(23-12-9-21-14-17(23)2)18-5-4-6-19(13-18)24-3/h4-6,13,16-17,20-21H,7-12,14-15H2,1-3H3. The average molecular weight is 332 g/mol. The van der Waals surface area contributed by atoms with Crippen molar-refractivity contribution in [2.75, 3.05) is 46.4 Å². The summed E-state index contributed by atoms with van der Waals surface area (Å²) in [5.41, 5.74) is 1.39. The summed E-state index contributed by atoms with van der Waals surface area (Å²) in [6.45, 7) is 11.6. The molecule has 0 spiro atoms. The summed E-state index contributed by atoms with van der Waals surface area (Å²) in [7, 11) is 1.76. The van der Waals surface area contributed by atoms with E-state index in [0.717, 1.165) is 37.8 Å². The topological polar surface area (TPSA) is 27.7 Å². The maximum Gasteiger partial charge on any atom is 0.119 e. The minimum Gasteiger partial charge on any atom is -0.497 e. The van der Waals surface area contributed by atoms with Crippen molar-refractivity contribution in [1.82, 2.24) is 15.1 Å². The Kier molecular flexibility index (Phi) is 6.14. The average Bonchev–Trinajstić information content (AvgIpc) is 2.62. The highest BCUT2D eigenvalue weighted by molar-refractivity contribution is 5.31. The first kappa shape index (κ1) is 17.7. The van der Waals surface area contributed by atoms with Gasteiger partial charge in [0.15, 0.2) is 0 Å². The number of nitrogens with zero attached hydrogens (tertiary/aromatic N) is 2. The molecule has 4 nitrogen and oxygen atoms in total. The highest BCUT2D eigenvalue weighted by Crippen LogP contribution is 2.29. The van der Waals surface area contributed by atoms with Gasteiger partial charge in [-0.2, -0.15) is 0 Å². The van der Waals surface area contributed by atoms with Crippen LogP contribution in [0.3, 0.4) is 0 Å². The number of piperidine rings is 1. The van der Waals surface area contributed by atoms with Gasteiger partial charge in [0.2, 0.25) is 0 Å². The molecule has 2 aliphatic rings. The molecule has 0 saturated carbocycles. The van der Waals surface area contributed by atoms with Crippen molar-refractivity contribution < 1.29 is 4.74 Å². The van der Waals surface area contributed by atoms with E-state index in [0.29, 0.717) is 12.1 Å². The number of rotatable bonds is 5. The normalized spacial score (nSPS) is 25.5. The third-order valence-corrected chi connectivity index (χ3v) is 5.74. The lowest BCUT2D eigenvalue weighted by Crippen LogP contribution is -2.53. The summed E-state index contributed by atoms with van der Waals surface area (Å²) < 4.78 is 5.48. The Balaban J connectivity index is 1.79. The highest BCUT2D eigenvalue weighted by atomic mass is 16.5. The number of hydrogen-bond acceptors (Lipinski definition) is 4. The zero-order valence-corrected chi connectivity index (χ0v) is 15.5. The maximum absolute atomic E-state index is 5.48. The van der Waals surface area contributed by atoms with Gasteiger partial charge < -0.3 is 15.0 Å². The molecular formula is C20H33N3O. The molecule has 2 aliphatic heterocycles. The largest absolute Gasteiger partial charge is 0.497 e. The van der Waals surface area contributed by atoms with E-state index < -0.39 is 0 Å². The summed E-state index contributed by atoms with van der Waals surface area (Å²) >= 11 is 0. The number of benzene rings is 1. The van der Waals surface area contributed by atoms with Crippen molar-refractivity contribution in [2.45, 2.75) is 38.8 Å². The molecule has 2 atom stereocenters. The van der Waals surface area contributed by atoms with E-state index in [9.17, 15) is 0 Å². The number of methoxy groups -OCH3 is 1. The van der Waals surface area contributed by atoms with Crippen LogP contribution in [0.25, 0.3) is 0 Å². The van der Waals surface area contributed by atoms with Crippen LogP contribution < -0.4 is 10.1 Å². The van der Waals surface area contributed by atoms with Gasteiger partial charge in [0.25, 0.3) is 0 Å². The lowest BCUT2D eigenvalue weighted by atomic mass is 9.96. The van der Waals surface area contributed by atoms with E-state index in [1.54, 1.807) is 7.11 Å². The Morgan fingerprint density at radius 2 is 2.00 bits per heavy atom. The van der Waals surface area contributed by atoms with Crippen LogP contribution in [-0.2, 0) is 0 Å². The minimum atomic E-state index is 0.450. The summed E-state index contributed by atoms with van der Waals surface area (Å²) in [6.07, 6.45) is 2.67. The lowest BCUT2D eigenvalue weighted by molar-refractivity contribution is 0.0724. The van der Waals surface area contributed by atoms with E-state index in [4.69, 9.17) is 4.74 Å². The molecule has 1 N–H and O–H groups in total. The van der Waals surface area contributed by atoms with Crippen LogP contribution in [-0.4, -0.2) is 62.2 Å². The van der Waals surface area contributed by atoms with Crippen molar-refractivity contribution in [3.05, 3.63) is 29.8 Å². The fraction of sp³-hybridized carbons (Fsp3) is 0.700. The van der Waals surface area contributed by atoms with Crippen molar-refractivity contribution in [3.8, 4) is 5.75 Å². The first-order valence-electron chi connectivity index (χ1n) is 9.50. The molecule has 0 aromatic heterocycles. The molecule has 24 heavy (non-hydrogen) atoms. The second-order valence-corrected chi connectivity index (χ2v) is 7.57. The Morgan fingerprint density at radius 1 is 1.21 bits per heavy atom. The van der Waals surface area contributed by atoms with Crippen LogP contribution in [0.4, 0.5) is 0 Å². The van der Waals surface area contributed by atoms with E-state index in [1.165, 1.54) is 31.5 Å². The minimum absolute atomic E-state index is 0.450. The molecule has 3 rings (SSSR count). The predicted octanol–water partition coefficient (Wildman–Crippen LogP) is 2.76. The summed E-state index contributed by atoms with van der Waals surface area (Å²) in [4.78, 5) is 5.35. The zero-order chi connectivity index (χ0) is 16.9. The summed E-state index contributed by atoms with van der Waals surface area (Å²) in [6, 6.07) is 9.70. The number of ether oxygens (including phenoxy) is 1. The Bertz CT molecular complexity index is 513. The van der Waals surface area contributed by atoms with E-state index >= 15 is 0 Å². The van der Waals surface area contributed by atoms with Gasteiger partial charge in [0.05, 0.1) is 7.11 Å². The fourth-order valence-electron chi connectivity index (χ4n) is 4.06. The van der Waals surface area contributed by atoms with Gasteiger partial charge in [-0.15, -0.1) is 0 Å². The Labute approximate surface area is 147 Å². The number of hydrogen-bond donors (Lipinski definition) is 1. The zero-order valence-electron chi connectivity index (χ0n) is 15.5. The van der Waals surface area contributed by atoms with Crippen molar-refractivity contribution in [1.29, 1.82) is 0 Å². The van der Waals surface area contributed by atoms with Crippen LogP contribution in [0.15, 0.2) is 24.3 Å². The van der Waals surface area contributed by atoms with Gasteiger partial charge >= 0.3 is 0 Å². The monoisotopic (exact) mass is 331 g/mol. The van der Waals surface area contributed by atoms with Crippen LogP contribution in [0, 0.1) is 5.92 Å². The van der Waals surface area contributed by atoms with Crippen LogP contribution in [0.5, 0.6) is 5.75 Å². The fourth-order valence-corrected chi connectivity index (χ4v) is 4.06. The van der Waals surface area contributed by atoms with Gasteiger partial charge in [-0.05, 0) is 56.5 Å². The smallest absolute Gasteiger partial charge is 0.119 e. The number of likely N-dealkylation sites (tertiary alicyclic amines) is 1. The Morgan fingerprint density at radius 3 is 2.71 bits per heavy atom. The second kappa shape index (κ2) is 8.32. The first-order chi connectivity index (χ1) is 11.7. The molecule has 2 unspecified atom stereocenters. The van der Waals surface area contributed by atoms with Gasteiger partial charge in [-0.1, -0.05) is 19.1 Å². The second-order valence-electron chi connectivity index (χ2n) is 7.57. The molecule has 4 heteroatoms. The Hall–Kier alpha value is -1.10. The molecule has 2 heterocycles. The molecule has 0 amide bonds. The third kappa shape index (κ3) is 4.29. The van der Waals surface area contributed by atoms with Gasteiger partial charge in [-0.25, -0.2) is 0 Å². The number of piperazine rings is 1. The third-order valence-electron chi connectivity index (χ3n) is 5.74. The molecule has 1 aromatic carbocycles. The maximum atomic E-state index is 5.48. The highest BCUT2D eigenvalue weighted by Gasteiger charge is 2.29. The molecule has 2 saturated heterocycles. The molecule has 0 bridgehead atoms. The van der Waals surface area contributed by atoms with Crippen LogP contribution >= 0.6 is 0 Å². The van der Waals surface area contributed by atoms with Crippen molar-refractivity contribution in [2.24, 2.45) is 5.92 Å². The molecule has 0 radical (unpaired) electrons. The van der Waals surface area contributed by atoms with Crippen LogP contribution in [0.2, 0.25) is 0 Å². The molecule has 1 aromatic rings. The summed E-state index contributed by atoms with van der Waals surface area (Å²) in [5.74, 6) is 1.85. The summed E-state index contributed by atoms with van der Waals surface area (Å²) in [5, 5.41) is 3.52. The van der Waals surface area contributed by atoms with Gasteiger partial charge in [-0.3, -0.25) is 4.90 Å². The molecular weight excluding hydrogens is 298 g/mol. The number of nitrogens with one attached hydrogen (secondary N) is 1. The molecule has 0 aliphatic carbocycles. The molecule has 2 fully saturated rings. The lowest BCUT2D eigenvalue weighted by Gasteiger charge is -2.43. The van der Waals surface area contributed by atoms with E-state index in [2.05, 4.69) is 47.2 Å². The van der Waals surface area contributed by atoms with E-state index in [1.807, 2.05) is 6.07 Å². The van der Waals surface area contributed by atoms with Crippen molar-refractivity contribution >= 4 is 0 Å². The van der Waals surface area contributed by atoms with E-state index in [-0.39, 0.29) is 0 Å². The SMILES string of the molecule is COc1cccc(C(CN2CCC(C)CC2)N2CCNCC2C)c1. The van der Waals surface area contributed by atoms with Gasteiger partial charge in [0.1, 0.15) is 5.75 Å².